The monoisotopic (exact) mass is 384 g/mol. The summed E-state index contributed by atoms with van der Waals surface area (Å²) in [4.78, 5) is 33.1. The molecule has 8 heteroatoms. The third kappa shape index (κ3) is 4.53. The Hall–Kier alpha value is -3.13. The summed E-state index contributed by atoms with van der Waals surface area (Å²) >= 11 is 1.25. The number of nitrogens with one attached hydrogen (secondary N) is 2. The fourth-order valence-electron chi connectivity index (χ4n) is 2.24. The minimum Gasteiger partial charge on any atom is -0.337 e. The van der Waals surface area contributed by atoms with Crippen LogP contribution in [-0.2, 0) is 4.79 Å². The molecule has 27 heavy (non-hydrogen) atoms. The van der Waals surface area contributed by atoms with Crippen molar-refractivity contribution in [1.29, 1.82) is 0 Å². The number of hydrogen-bond acceptors (Lipinski definition) is 5. The fourth-order valence-corrected chi connectivity index (χ4v) is 2.95. The van der Waals surface area contributed by atoms with E-state index in [2.05, 4.69) is 20.6 Å². The highest BCUT2D eigenvalue weighted by Gasteiger charge is 2.30. The molecule has 0 radical (unpaired) electrons. The topological polar surface area (TPSA) is 84.0 Å². The molecule has 0 bridgehead atoms. The largest absolute Gasteiger partial charge is 0.337 e. The summed E-state index contributed by atoms with van der Waals surface area (Å²) < 4.78 is 13.0. The maximum atomic E-state index is 13.0. The zero-order valence-corrected chi connectivity index (χ0v) is 15.5. The van der Waals surface area contributed by atoms with Gasteiger partial charge in [-0.1, -0.05) is 6.07 Å². The quantitative estimate of drug-likeness (QED) is 0.705. The van der Waals surface area contributed by atoms with Crippen LogP contribution in [-0.4, -0.2) is 27.3 Å². The van der Waals surface area contributed by atoms with Gasteiger partial charge in [0.15, 0.2) is 5.13 Å². The number of rotatable bonds is 5. The van der Waals surface area contributed by atoms with Crippen LogP contribution in [0.1, 0.15) is 24.3 Å². The molecule has 0 aliphatic rings. The minimum absolute atomic E-state index is 0.228. The Balaban J connectivity index is 1.67. The second-order valence-electron chi connectivity index (χ2n) is 6.29. The van der Waals surface area contributed by atoms with E-state index in [4.69, 9.17) is 0 Å². The van der Waals surface area contributed by atoms with E-state index in [1.165, 1.54) is 29.7 Å². The molecule has 2 N–H and O–H groups in total. The number of aromatic nitrogens is 2. The van der Waals surface area contributed by atoms with E-state index >= 15 is 0 Å². The van der Waals surface area contributed by atoms with Crippen LogP contribution in [0.15, 0.2) is 54.0 Å². The van der Waals surface area contributed by atoms with Gasteiger partial charge in [-0.25, -0.2) is 9.37 Å². The third-order valence-corrected chi connectivity index (χ3v) is 4.51. The second-order valence-corrected chi connectivity index (χ2v) is 7.15. The Labute approximate surface area is 159 Å². The maximum absolute atomic E-state index is 13.0. The van der Waals surface area contributed by atoms with Crippen LogP contribution < -0.4 is 10.6 Å². The Morgan fingerprint density at radius 1 is 1.11 bits per heavy atom. The van der Waals surface area contributed by atoms with Gasteiger partial charge in [0, 0.05) is 17.1 Å². The van der Waals surface area contributed by atoms with Gasteiger partial charge >= 0.3 is 0 Å². The zero-order valence-electron chi connectivity index (χ0n) is 14.7. The van der Waals surface area contributed by atoms with Gasteiger partial charge in [-0.05, 0) is 50.2 Å². The highest BCUT2D eigenvalue weighted by Crippen LogP contribution is 2.25. The van der Waals surface area contributed by atoms with Crippen LogP contribution in [0.4, 0.5) is 9.52 Å². The predicted octanol–water partition coefficient (Wildman–Crippen LogP) is 3.49. The van der Waals surface area contributed by atoms with Crippen molar-refractivity contribution in [3.8, 4) is 11.3 Å². The number of amides is 2. The molecule has 0 aliphatic carbocycles. The molecule has 2 amide bonds. The van der Waals surface area contributed by atoms with Gasteiger partial charge in [-0.15, -0.1) is 11.3 Å². The van der Waals surface area contributed by atoms with E-state index in [9.17, 15) is 14.0 Å². The van der Waals surface area contributed by atoms with E-state index in [-0.39, 0.29) is 11.5 Å². The normalized spacial score (nSPS) is 11.1. The minimum atomic E-state index is -1.17. The van der Waals surface area contributed by atoms with Gasteiger partial charge in [0.05, 0.1) is 5.69 Å². The molecule has 3 rings (SSSR count). The maximum Gasteiger partial charge on any atom is 0.270 e. The molecule has 2 heterocycles. The standard InChI is InChI=1S/C19H17FN4O2S/c1-19(2,24-16(25)14-5-3-4-10-21-14)17(26)23-18-22-15(11-27-18)12-6-8-13(20)9-7-12/h3-11H,1-2H3,(H,24,25)(H,22,23,26). The van der Waals surface area contributed by atoms with Crippen molar-refractivity contribution in [2.24, 2.45) is 0 Å². The highest BCUT2D eigenvalue weighted by molar-refractivity contribution is 7.14. The van der Waals surface area contributed by atoms with Crippen molar-refractivity contribution < 1.29 is 14.0 Å². The first kappa shape index (κ1) is 18.7. The van der Waals surface area contributed by atoms with Crippen LogP contribution in [0.2, 0.25) is 0 Å². The van der Waals surface area contributed by atoms with Gasteiger partial charge < -0.3 is 5.32 Å². The van der Waals surface area contributed by atoms with Crippen molar-refractivity contribution in [1.82, 2.24) is 15.3 Å². The summed E-state index contributed by atoms with van der Waals surface area (Å²) in [5, 5.41) is 7.51. The number of anilines is 1. The lowest BCUT2D eigenvalue weighted by Gasteiger charge is -2.24. The molecule has 0 spiro atoms. The van der Waals surface area contributed by atoms with Crippen molar-refractivity contribution >= 4 is 28.3 Å². The van der Waals surface area contributed by atoms with E-state index in [1.807, 2.05) is 0 Å². The van der Waals surface area contributed by atoms with E-state index in [0.717, 1.165) is 5.56 Å². The predicted molar refractivity (Wildman–Crippen MR) is 102 cm³/mol. The Morgan fingerprint density at radius 3 is 2.52 bits per heavy atom. The second kappa shape index (κ2) is 7.63. The van der Waals surface area contributed by atoms with Crippen LogP contribution in [0.5, 0.6) is 0 Å². The van der Waals surface area contributed by atoms with Crippen LogP contribution >= 0.6 is 11.3 Å². The SMILES string of the molecule is CC(C)(NC(=O)c1ccccn1)C(=O)Nc1nc(-c2ccc(F)cc2)cs1. The zero-order chi connectivity index (χ0) is 19.4. The third-order valence-electron chi connectivity index (χ3n) is 3.76. The molecular formula is C19H17FN4O2S. The summed E-state index contributed by atoms with van der Waals surface area (Å²) in [7, 11) is 0. The smallest absolute Gasteiger partial charge is 0.270 e. The summed E-state index contributed by atoms with van der Waals surface area (Å²) in [6, 6.07) is 10.9. The highest BCUT2D eigenvalue weighted by atomic mass is 32.1. The molecule has 3 aromatic rings. The lowest BCUT2D eigenvalue weighted by Crippen LogP contribution is -2.52. The average molecular weight is 384 g/mol. The van der Waals surface area contributed by atoms with Crippen LogP contribution in [0, 0.1) is 5.82 Å². The molecule has 2 aromatic heterocycles. The van der Waals surface area contributed by atoms with E-state index in [0.29, 0.717) is 10.8 Å². The van der Waals surface area contributed by atoms with Crippen LogP contribution in [0.25, 0.3) is 11.3 Å². The van der Waals surface area contributed by atoms with Crippen molar-refractivity contribution in [3.05, 3.63) is 65.6 Å². The van der Waals surface area contributed by atoms with Gasteiger partial charge in [0.2, 0.25) is 0 Å². The molecule has 0 saturated heterocycles. The van der Waals surface area contributed by atoms with E-state index < -0.39 is 17.4 Å². The number of benzene rings is 1. The summed E-state index contributed by atoms with van der Waals surface area (Å²) in [5.41, 5.74) is 0.434. The summed E-state index contributed by atoms with van der Waals surface area (Å²) in [5.74, 6) is -1.18. The summed E-state index contributed by atoms with van der Waals surface area (Å²) in [6.07, 6.45) is 1.51. The number of nitrogens with zero attached hydrogens (tertiary/aromatic N) is 2. The molecule has 0 fully saturated rings. The molecule has 6 nitrogen and oxygen atoms in total. The fraction of sp³-hybridized carbons (Fsp3) is 0.158. The van der Waals surface area contributed by atoms with Gasteiger partial charge in [-0.3, -0.25) is 19.9 Å². The number of halogens is 1. The first-order valence-corrected chi connectivity index (χ1v) is 8.99. The summed E-state index contributed by atoms with van der Waals surface area (Å²) in [6.45, 7) is 3.19. The average Bonchev–Trinajstić information content (AvgIpc) is 3.11. The van der Waals surface area contributed by atoms with Crippen molar-refractivity contribution in [2.45, 2.75) is 19.4 Å². The molecular weight excluding hydrogens is 367 g/mol. The number of hydrogen-bond donors (Lipinski definition) is 2. The van der Waals surface area contributed by atoms with Gasteiger partial charge in [-0.2, -0.15) is 0 Å². The number of carbonyl (C=O) groups is 2. The Kier molecular flexibility index (Phi) is 5.27. The van der Waals surface area contributed by atoms with Gasteiger partial charge in [0.1, 0.15) is 17.1 Å². The lowest BCUT2D eigenvalue weighted by atomic mass is 10.0. The van der Waals surface area contributed by atoms with Crippen LogP contribution in [0.3, 0.4) is 0 Å². The Morgan fingerprint density at radius 2 is 1.85 bits per heavy atom. The van der Waals surface area contributed by atoms with Crippen molar-refractivity contribution in [2.75, 3.05) is 5.32 Å². The first-order chi connectivity index (χ1) is 12.8. The molecule has 138 valence electrons. The Bertz CT molecular complexity index is 955. The molecule has 0 unspecified atom stereocenters. The molecule has 0 atom stereocenters. The van der Waals surface area contributed by atoms with E-state index in [1.54, 1.807) is 49.6 Å². The molecule has 0 aliphatic heterocycles. The number of thiazole rings is 1. The van der Waals surface area contributed by atoms with Crippen molar-refractivity contribution in [3.63, 3.8) is 0 Å². The van der Waals surface area contributed by atoms with Gasteiger partial charge in [0.25, 0.3) is 11.8 Å². The number of pyridine rings is 1. The first-order valence-electron chi connectivity index (χ1n) is 8.11. The number of carbonyl (C=O) groups excluding carboxylic acids is 2. The molecule has 1 aromatic carbocycles. The lowest BCUT2D eigenvalue weighted by molar-refractivity contribution is -0.120. The molecule has 0 saturated carbocycles.